The van der Waals surface area contributed by atoms with Crippen molar-refractivity contribution >= 4 is 17.6 Å². The third kappa shape index (κ3) is 8.70. The van der Waals surface area contributed by atoms with Crippen LogP contribution in [-0.4, -0.2) is 72.0 Å². The van der Waals surface area contributed by atoms with Crippen LogP contribution in [0.2, 0.25) is 5.02 Å². The molecule has 1 fully saturated rings. The maximum Gasteiger partial charge on any atom is 0.338 e. The van der Waals surface area contributed by atoms with Gasteiger partial charge in [-0.15, -0.1) is 0 Å². The molecule has 0 aromatic heterocycles. The lowest BCUT2D eigenvalue weighted by Crippen LogP contribution is -2.48. The Morgan fingerprint density at radius 3 is 2.38 bits per heavy atom. The van der Waals surface area contributed by atoms with Gasteiger partial charge in [-0.3, -0.25) is 15.0 Å². The van der Waals surface area contributed by atoms with E-state index in [1.54, 1.807) is 12.1 Å². The minimum atomic E-state index is -0.944. The maximum atomic E-state index is 14.5. The highest BCUT2D eigenvalue weighted by Gasteiger charge is 2.26. The number of carbonyl (C=O) groups excluding carboxylic acids is 1. The fraction of sp³-hybridized carbons (Fsp3) is 0.323. The number of nitrogens with two attached hydrogens (primary N) is 1. The summed E-state index contributed by atoms with van der Waals surface area (Å²) in [6, 6.07) is 22.3. The predicted molar refractivity (Wildman–Crippen MR) is 156 cm³/mol. The number of hydrogen-bond donors (Lipinski definition) is 2. The molecule has 1 atom stereocenters. The van der Waals surface area contributed by atoms with Gasteiger partial charge < -0.3 is 10.5 Å². The number of hydroxylamine groups is 2. The summed E-state index contributed by atoms with van der Waals surface area (Å²) in [5.74, 6) is 5.27. The lowest BCUT2D eigenvalue weighted by atomic mass is 9.96. The van der Waals surface area contributed by atoms with E-state index in [4.69, 9.17) is 22.1 Å². The van der Waals surface area contributed by atoms with Crippen LogP contribution in [0.1, 0.15) is 36.6 Å². The van der Waals surface area contributed by atoms with Crippen LogP contribution in [0.25, 0.3) is 0 Å². The van der Waals surface area contributed by atoms with Crippen LogP contribution in [0.15, 0.2) is 72.8 Å². The van der Waals surface area contributed by atoms with Gasteiger partial charge in [0.15, 0.2) is 11.6 Å². The van der Waals surface area contributed by atoms with Crippen molar-refractivity contribution in [1.82, 2.24) is 14.9 Å². The summed E-state index contributed by atoms with van der Waals surface area (Å²) in [7, 11) is 0. The Labute approximate surface area is 240 Å². The minimum absolute atomic E-state index is 0. The van der Waals surface area contributed by atoms with Crippen LogP contribution in [0.5, 0.6) is 5.75 Å². The molecule has 0 saturated carbocycles. The van der Waals surface area contributed by atoms with E-state index < -0.39 is 11.8 Å². The Kier molecular flexibility index (Phi) is 11.8. The van der Waals surface area contributed by atoms with Crippen molar-refractivity contribution in [2.24, 2.45) is 5.73 Å². The SMILES string of the molecule is C.NC(=O)N(O)CCC#Cc1ccc(OCCN2CCN([C@H](c3ccccc3)c3ccc(Cl)cc3)CC2)c(F)c1. The molecule has 1 aliphatic rings. The fourth-order valence-electron chi connectivity index (χ4n) is 4.56. The van der Waals surface area contributed by atoms with Crippen LogP contribution < -0.4 is 10.5 Å². The summed E-state index contributed by atoms with van der Waals surface area (Å²) >= 11 is 6.14. The molecule has 3 aromatic rings. The summed E-state index contributed by atoms with van der Waals surface area (Å²) in [6.07, 6.45) is 0.207. The van der Waals surface area contributed by atoms with Gasteiger partial charge in [0.25, 0.3) is 0 Å². The second-order valence-corrected chi connectivity index (χ2v) is 9.69. The van der Waals surface area contributed by atoms with Gasteiger partial charge in [0.05, 0.1) is 12.6 Å². The van der Waals surface area contributed by atoms with Crippen LogP contribution >= 0.6 is 11.6 Å². The first-order chi connectivity index (χ1) is 18.9. The zero-order chi connectivity index (χ0) is 27.6. The van der Waals surface area contributed by atoms with E-state index >= 15 is 0 Å². The van der Waals surface area contributed by atoms with Crippen LogP contribution in [0.4, 0.5) is 9.18 Å². The predicted octanol–water partition coefficient (Wildman–Crippen LogP) is 5.41. The van der Waals surface area contributed by atoms with Crippen molar-refractivity contribution in [2.45, 2.75) is 19.9 Å². The monoisotopic (exact) mass is 566 g/mol. The van der Waals surface area contributed by atoms with Crippen LogP contribution in [-0.2, 0) is 0 Å². The topological polar surface area (TPSA) is 82.3 Å². The molecule has 0 bridgehead atoms. The number of rotatable bonds is 9. The average molecular weight is 567 g/mol. The lowest BCUT2D eigenvalue weighted by Gasteiger charge is -2.39. The van der Waals surface area contributed by atoms with E-state index in [-0.39, 0.29) is 32.2 Å². The summed E-state index contributed by atoms with van der Waals surface area (Å²) in [5.41, 5.74) is 7.88. The molecule has 0 unspecified atom stereocenters. The third-order valence-electron chi connectivity index (χ3n) is 6.61. The normalized spacial score (nSPS) is 14.4. The zero-order valence-electron chi connectivity index (χ0n) is 21.6. The zero-order valence-corrected chi connectivity index (χ0v) is 22.4. The first-order valence-corrected chi connectivity index (χ1v) is 13.2. The number of amides is 2. The highest BCUT2D eigenvalue weighted by Crippen LogP contribution is 2.30. The molecule has 2 amide bonds. The molecule has 0 aliphatic carbocycles. The molecule has 40 heavy (non-hydrogen) atoms. The molecular weight excluding hydrogens is 531 g/mol. The number of benzene rings is 3. The molecule has 212 valence electrons. The Bertz CT molecular complexity index is 1290. The lowest BCUT2D eigenvalue weighted by molar-refractivity contribution is -0.0372. The number of nitrogens with zero attached hydrogens (tertiary/aromatic N) is 3. The molecule has 9 heteroatoms. The van der Waals surface area contributed by atoms with Crippen LogP contribution in [0, 0.1) is 17.7 Å². The number of ether oxygens (including phenoxy) is 1. The van der Waals surface area contributed by atoms with E-state index in [1.165, 1.54) is 17.2 Å². The molecule has 1 saturated heterocycles. The van der Waals surface area contributed by atoms with Gasteiger partial charge >= 0.3 is 6.03 Å². The maximum absolute atomic E-state index is 14.5. The van der Waals surface area contributed by atoms with E-state index in [9.17, 15) is 14.4 Å². The van der Waals surface area contributed by atoms with Crippen molar-refractivity contribution in [3.05, 3.63) is 100 Å². The van der Waals surface area contributed by atoms with Crippen molar-refractivity contribution < 1.29 is 19.1 Å². The molecule has 0 radical (unpaired) electrons. The molecule has 7 nitrogen and oxygen atoms in total. The largest absolute Gasteiger partial charge is 0.489 e. The number of primary amides is 1. The Morgan fingerprint density at radius 1 is 1.05 bits per heavy atom. The Hall–Kier alpha value is -3.61. The highest BCUT2D eigenvalue weighted by atomic mass is 35.5. The second-order valence-electron chi connectivity index (χ2n) is 9.25. The Morgan fingerprint density at radius 2 is 1.73 bits per heavy atom. The van der Waals surface area contributed by atoms with Gasteiger partial charge in [-0.05, 0) is 41.5 Å². The second kappa shape index (κ2) is 15.2. The van der Waals surface area contributed by atoms with Gasteiger partial charge in [-0.25, -0.2) is 14.2 Å². The van der Waals surface area contributed by atoms with Crippen LogP contribution in [0.3, 0.4) is 0 Å². The highest BCUT2D eigenvalue weighted by molar-refractivity contribution is 6.30. The number of urea groups is 1. The molecule has 1 heterocycles. The third-order valence-corrected chi connectivity index (χ3v) is 6.86. The van der Waals surface area contributed by atoms with Gasteiger partial charge in [0, 0.05) is 49.7 Å². The molecular formula is C31H36ClFN4O3. The van der Waals surface area contributed by atoms with Gasteiger partial charge in [-0.2, -0.15) is 0 Å². The number of hydrogen-bond acceptors (Lipinski definition) is 5. The van der Waals surface area contributed by atoms with Crippen molar-refractivity contribution in [2.75, 3.05) is 45.9 Å². The first-order valence-electron chi connectivity index (χ1n) is 12.8. The first kappa shape index (κ1) is 30.9. The van der Waals surface area contributed by atoms with E-state index in [1.807, 2.05) is 18.2 Å². The van der Waals surface area contributed by atoms with Gasteiger partial charge in [0.1, 0.15) is 6.61 Å². The van der Waals surface area contributed by atoms with Crippen molar-refractivity contribution in [1.29, 1.82) is 0 Å². The molecule has 3 N–H and O–H groups in total. The molecule has 1 aliphatic heterocycles. The van der Waals surface area contributed by atoms with Gasteiger partial charge in [0.2, 0.25) is 0 Å². The van der Waals surface area contributed by atoms with E-state index in [2.05, 4.69) is 58.0 Å². The quantitative estimate of drug-likeness (QED) is 0.205. The Balaban J connectivity index is 0.00000441. The minimum Gasteiger partial charge on any atom is -0.489 e. The van der Waals surface area contributed by atoms with Crippen molar-refractivity contribution in [3.8, 4) is 17.6 Å². The van der Waals surface area contributed by atoms with Gasteiger partial charge in [-0.1, -0.05) is 73.3 Å². The summed E-state index contributed by atoms with van der Waals surface area (Å²) < 4.78 is 20.2. The van der Waals surface area contributed by atoms with E-state index in [0.29, 0.717) is 23.8 Å². The fourth-order valence-corrected chi connectivity index (χ4v) is 4.68. The van der Waals surface area contributed by atoms with Crippen molar-refractivity contribution in [3.63, 3.8) is 0 Å². The number of piperazine rings is 1. The van der Waals surface area contributed by atoms with E-state index in [0.717, 1.165) is 31.2 Å². The summed E-state index contributed by atoms with van der Waals surface area (Å²) in [6.45, 7) is 4.63. The number of carbonyl (C=O) groups is 1. The molecule has 4 rings (SSSR count). The molecule has 0 spiro atoms. The molecule has 3 aromatic carbocycles. The summed E-state index contributed by atoms with van der Waals surface area (Å²) in [4.78, 5) is 15.6. The number of halogens is 2. The smallest absolute Gasteiger partial charge is 0.338 e. The summed E-state index contributed by atoms with van der Waals surface area (Å²) in [5, 5.41) is 10.3. The average Bonchev–Trinajstić information content (AvgIpc) is 2.94. The standard InChI is InChI=1S/C30H32ClFN4O3.CH4/c31-26-12-10-25(11-13-26)29(24-7-2-1-3-8-24)35-18-16-34(17-19-35)20-21-39-28-14-9-23(22-27(28)32)6-4-5-15-36(38)30(33)37;/h1-3,7-14,22,29,38H,5,15-21H2,(H2,33,37);1H4/t29-;/m1./s1.